The summed E-state index contributed by atoms with van der Waals surface area (Å²) in [7, 11) is 5.90. The highest BCUT2D eigenvalue weighted by Crippen LogP contribution is 2.15. The quantitative estimate of drug-likeness (QED) is 0.0195. The first-order valence-electron chi connectivity index (χ1n) is 26.4. The largest absolute Gasteiger partial charge is 0.545 e. The summed E-state index contributed by atoms with van der Waals surface area (Å²) >= 11 is 0. The molecule has 0 spiro atoms. The molecule has 2 unspecified atom stereocenters. The van der Waals surface area contributed by atoms with E-state index in [0.29, 0.717) is 17.4 Å². The van der Waals surface area contributed by atoms with Crippen LogP contribution in [0, 0.1) is 0 Å². The molecule has 0 saturated heterocycles. The van der Waals surface area contributed by atoms with Crippen LogP contribution in [0.2, 0.25) is 0 Å². The number of allylic oxidation sites excluding steroid dienone is 10. The molecule has 0 heterocycles. The van der Waals surface area contributed by atoms with Gasteiger partial charge in [-0.15, -0.1) is 0 Å². The lowest BCUT2D eigenvalue weighted by atomic mass is 10.0. The van der Waals surface area contributed by atoms with Crippen LogP contribution < -0.4 is 5.11 Å². The molecule has 0 aliphatic rings. The fourth-order valence-electron chi connectivity index (χ4n) is 7.17. The zero-order valence-electron chi connectivity index (χ0n) is 42.6. The first kappa shape index (κ1) is 62.0. The molecule has 0 fully saturated rings. The van der Waals surface area contributed by atoms with Gasteiger partial charge >= 0.3 is 11.9 Å². The number of aliphatic carboxylic acids is 1. The maximum atomic E-state index is 12.8. The average molecular weight is 914 g/mol. The predicted molar refractivity (Wildman–Crippen MR) is 269 cm³/mol. The maximum absolute atomic E-state index is 12.8. The number of esters is 2. The number of carboxylic acid groups (broad SMARTS) is 1. The highest BCUT2D eigenvalue weighted by Gasteiger charge is 2.22. The predicted octanol–water partition coefficient (Wildman–Crippen LogP) is 13.6. The molecular formula is C56H99NO8. The highest BCUT2D eigenvalue weighted by atomic mass is 16.7. The Morgan fingerprint density at radius 1 is 0.477 bits per heavy atom. The van der Waals surface area contributed by atoms with Crippen LogP contribution >= 0.6 is 0 Å². The van der Waals surface area contributed by atoms with E-state index in [-0.39, 0.29) is 38.6 Å². The Morgan fingerprint density at radius 2 is 0.877 bits per heavy atom. The number of rotatable bonds is 48. The van der Waals surface area contributed by atoms with Gasteiger partial charge in [0, 0.05) is 12.8 Å². The Hall–Kier alpha value is -3.01. The number of likely N-dealkylation sites (N-methyl/N-ethyl adjacent to an activating group) is 1. The Kier molecular flexibility index (Phi) is 45.3. The summed E-state index contributed by atoms with van der Waals surface area (Å²) in [6, 6.07) is 0. The van der Waals surface area contributed by atoms with Crippen molar-refractivity contribution in [3.8, 4) is 0 Å². The number of hydrogen-bond acceptors (Lipinski definition) is 8. The lowest BCUT2D eigenvalue weighted by molar-refractivity contribution is -0.870. The summed E-state index contributed by atoms with van der Waals surface area (Å²) < 4.78 is 22.6. The van der Waals surface area contributed by atoms with Gasteiger partial charge in [0.15, 0.2) is 12.4 Å². The van der Waals surface area contributed by atoms with Gasteiger partial charge < -0.3 is 33.3 Å². The van der Waals surface area contributed by atoms with E-state index in [1.807, 2.05) is 21.1 Å². The Morgan fingerprint density at radius 3 is 1.32 bits per heavy atom. The number of carbonyl (C=O) groups excluding carboxylic acids is 3. The van der Waals surface area contributed by atoms with Crippen LogP contribution in [0.3, 0.4) is 0 Å². The fourth-order valence-corrected chi connectivity index (χ4v) is 7.17. The molecule has 0 radical (unpaired) electrons. The molecule has 9 heteroatoms. The molecule has 0 rings (SSSR count). The zero-order chi connectivity index (χ0) is 47.7. The maximum Gasteiger partial charge on any atom is 0.306 e. The van der Waals surface area contributed by atoms with Crippen molar-refractivity contribution in [2.45, 2.75) is 232 Å². The molecule has 0 N–H and O–H groups in total. The Balaban J connectivity index is 4.20. The lowest BCUT2D eigenvalue weighted by Crippen LogP contribution is -2.44. The molecule has 0 aromatic carbocycles. The van der Waals surface area contributed by atoms with E-state index >= 15 is 0 Å². The van der Waals surface area contributed by atoms with Crippen LogP contribution in [0.4, 0.5) is 0 Å². The van der Waals surface area contributed by atoms with Crippen molar-refractivity contribution < 1.29 is 42.9 Å². The summed E-state index contributed by atoms with van der Waals surface area (Å²) in [6.45, 7) is 4.58. The van der Waals surface area contributed by atoms with Crippen LogP contribution in [0.15, 0.2) is 60.8 Å². The van der Waals surface area contributed by atoms with Crippen molar-refractivity contribution in [2.24, 2.45) is 0 Å². The van der Waals surface area contributed by atoms with Crippen molar-refractivity contribution in [3.05, 3.63) is 60.8 Å². The molecule has 0 aliphatic heterocycles. The second kappa shape index (κ2) is 47.5. The van der Waals surface area contributed by atoms with Gasteiger partial charge in [-0.05, 0) is 77.0 Å². The van der Waals surface area contributed by atoms with Gasteiger partial charge in [0.25, 0.3) is 0 Å². The van der Waals surface area contributed by atoms with Gasteiger partial charge in [0.1, 0.15) is 13.2 Å². The summed E-state index contributed by atoms with van der Waals surface area (Å²) in [5, 5.41) is 11.7. The van der Waals surface area contributed by atoms with Gasteiger partial charge in [-0.1, -0.05) is 190 Å². The smallest absolute Gasteiger partial charge is 0.306 e. The molecule has 0 bridgehead atoms. The number of unbranched alkanes of at least 4 members (excludes halogenated alkanes) is 23. The number of hydrogen-bond donors (Lipinski definition) is 0. The number of ether oxygens (including phenoxy) is 4. The van der Waals surface area contributed by atoms with Gasteiger partial charge in [-0.3, -0.25) is 9.59 Å². The van der Waals surface area contributed by atoms with Crippen LogP contribution in [-0.4, -0.2) is 82.3 Å². The third kappa shape index (κ3) is 48.7. The van der Waals surface area contributed by atoms with Crippen molar-refractivity contribution >= 4 is 17.9 Å². The second-order valence-corrected chi connectivity index (χ2v) is 18.8. The van der Waals surface area contributed by atoms with E-state index in [2.05, 4.69) is 74.6 Å². The second-order valence-electron chi connectivity index (χ2n) is 18.8. The topological polar surface area (TPSA) is 111 Å². The van der Waals surface area contributed by atoms with Gasteiger partial charge in [0.05, 0.1) is 40.3 Å². The molecule has 0 aromatic rings. The van der Waals surface area contributed by atoms with E-state index in [1.165, 1.54) is 122 Å². The van der Waals surface area contributed by atoms with E-state index in [4.69, 9.17) is 18.9 Å². The number of nitrogens with zero attached hydrogens (tertiary/aromatic N) is 1. The van der Waals surface area contributed by atoms with Crippen molar-refractivity contribution in [2.75, 3.05) is 47.5 Å². The minimum atomic E-state index is -1.63. The SMILES string of the molecule is CC/C=C\C/C=C\C/C=C\CCCCCC(=O)OC(COC(=O)CCCCCCCCCCCCCCCCC/C=C\C/C=C\CCCCCCC)COC(OCC[N+](C)(C)C)C(=O)[O-]. The lowest BCUT2D eigenvalue weighted by Gasteiger charge is -2.26. The summed E-state index contributed by atoms with van der Waals surface area (Å²) in [6.07, 6.45) is 55.6. The number of carboxylic acids is 1. The molecule has 0 aliphatic carbocycles. The van der Waals surface area contributed by atoms with Crippen LogP contribution in [0.5, 0.6) is 0 Å². The third-order valence-electron chi connectivity index (χ3n) is 11.2. The normalized spacial score (nSPS) is 13.3. The van der Waals surface area contributed by atoms with Crippen molar-refractivity contribution in [1.82, 2.24) is 0 Å². The summed E-state index contributed by atoms with van der Waals surface area (Å²) in [4.78, 5) is 37.1. The first-order chi connectivity index (χ1) is 31.6. The van der Waals surface area contributed by atoms with E-state index < -0.39 is 24.3 Å². The van der Waals surface area contributed by atoms with Crippen LogP contribution in [0.25, 0.3) is 0 Å². The highest BCUT2D eigenvalue weighted by molar-refractivity contribution is 5.70. The molecule has 9 nitrogen and oxygen atoms in total. The molecule has 2 atom stereocenters. The molecule has 0 saturated carbocycles. The monoisotopic (exact) mass is 914 g/mol. The van der Waals surface area contributed by atoms with Crippen molar-refractivity contribution in [1.29, 1.82) is 0 Å². The zero-order valence-corrected chi connectivity index (χ0v) is 42.6. The standard InChI is InChI=1S/C56H99NO8/c1-6-8-10-12-14-16-18-20-21-22-23-24-25-26-27-28-29-30-31-32-33-35-36-38-40-42-44-46-53(58)63-50-52(51-64-56(55(60)61)62-49-48-57(3,4)5)65-54(59)47-45-43-41-39-37-34-19-17-15-13-11-9-7-2/h9,11,15,17-18,20,22-23,34,37,52,56H,6-8,10,12-14,16,19,21,24-33,35-36,38-51H2,1-5H3/b11-9-,17-15-,20-18-,23-22-,37-34-. The molecule has 376 valence electrons. The van der Waals surface area contributed by atoms with E-state index in [1.54, 1.807) is 0 Å². The van der Waals surface area contributed by atoms with Crippen LogP contribution in [-0.2, 0) is 33.3 Å². The molecule has 65 heavy (non-hydrogen) atoms. The fraction of sp³-hybridized carbons (Fsp3) is 0.768. The minimum absolute atomic E-state index is 0.140. The molecule has 0 amide bonds. The van der Waals surface area contributed by atoms with Crippen molar-refractivity contribution in [3.63, 3.8) is 0 Å². The Bertz CT molecular complexity index is 1250. The number of carbonyl (C=O) groups is 3. The van der Waals surface area contributed by atoms with Gasteiger partial charge in [0.2, 0.25) is 0 Å². The minimum Gasteiger partial charge on any atom is -0.545 e. The number of quaternary nitrogens is 1. The average Bonchev–Trinajstić information content (AvgIpc) is 3.27. The molecule has 0 aromatic heterocycles. The summed E-state index contributed by atoms with van der Waals surface area (Å²) in [5.74, 6) is -2.32. The van der Waals surface area contributed by atoms with Crippen LogP contribution in [0.1, 0.15) is 219 Å². The van der Waals surface area contributed by atoms with E-state index in [0.717, 1.165) is 64.2 Å². The molecular weight excluding hydrogens is 815 g/mol. The summed E-state index contributed by atoms with van der Waals surface area (Å²) in [5.41, 5.74) is 0. The Labute approximate surface area is 399 Å². The third-order valence-corrected chi connectivity index (χ3v) is 11.2. The van der Waals surface area contributed by atoms with E-state index in [9.17, 15) is 19.5 Å². The van der Waals surface area contributed by atoms with Gasteiger partial charge in [-0.25, -0.2) is 0 Å². The van der Waals surface area contributed by atoms with Gasteiger partial charge in [-0.2, -0.15) is 0 Å². The first-order valence-corrected chi connectivity index (χ1v) is 26.4.